The average Bonchev–Trinajstić information content (AvgIpc) is 2.26. The van der Waals surface area contributed by atoms with Crippen molar-refractivity contribution < 1.29 is 9.50 Å². The number of likely N-dealkylation sites (N-methyl/N-ethyl adjacent to an activating group) is 1. The Labute approximate surface area is 95.9 Å². The fraction of sp³-hybridized carbons (Fsp3) is 0.500. The van der Waals surface area contributed by atoms with Gasteiger partial charge in [0.15, 0.2) is 0 Å². The highest BCUT2D eigenvalue weighted by molar-refractivity contribution is 5.19. The van der Waals surface area contributed by atoms with Gasteiger partial charge in [-0.15, -0.1) is 0 Å². The fourth-order valence-electron chi connectivity index (χ4n) is 1.45. The summed E-state index contributed by atoms with van der Waals surface area (Å²) in [5, 5.41) is 12.5. The van der Waals surface area contributed by atoms with Crippen LogP contribution in [-0.4, -0.2) is 43.8 Å². The molecule has 3 nitrogen and oxygen atoms in total. The number of hydrogen-bond donors (Lipinski definition) is 2. The third-order valence-electron chi connectivity index (χ3n) is 2.40. The monoisotopic (exact) mass is 226 g/mol. The van der Waals surface area contributed by atoms with E-state index < -0.39 is 0 Å². The molecular weight excluding hydrogens is 207 g/mol. The second kappa shape index (κ2) is 6.58. The lowest BCUT2D eigenvalue weighted by atomic mass is 10.1. The van der Waals surface area contributed by atoms with Crippen LogP contribution in [0.1, 0.15) is 11.6 Å². The molecule has 1 unspecified atom stereocenters. The van der Waals surface area contributed by atoms with Crippen LogP contribution in [0.3, 0.4) is 0 Å². The largest absolute Gasteiger partial charge is 0.394 e. The summed E-state index contributed by atoms with van der Waals surface area (Å²) in [7, 11) is 3.99. The number of nitrogens with zero attached hydrogens (tertiary/aromatic N) is 1. The quantitative estimate of drug-likeness (QED) is 0.760. The van der Waals surface area contributed by atoms with Crippen LogP contribution in [0.2, 0.25) is 0 Å². The number of aliphatic hydroxyl groups is 1. The van der Waals surface area contributed by atoms with E-state index in [9.17, 15) is 9.50 Å². The van der Waals surface area contributed by atoms with E-state index in [2.05, 4.69) is 10.2 Å². The van der Waals surface area contributed by atoms with Gasteiger partial charge in [0.1, 0.15) is 5.82 Å². The Balaban J connectivity index is 2.50. The molecule has 0 heterocycles. The van der Waals surface area contributed by atoms with E-state index in [-0.39, 0.29) is 18.5 Å². The molecule has 2 N–H and O–H groups in total. The van der Waals surface area contributed by atoms with E-state index in [0.29, 0.717) is 0 Å². The molecule has 0 saturated carbocycles. The van der Waals surface area contributed by atoms with Gasteiger partial charge < -0.3 is 15.3 Å². The molecule has 1 rings (SSSR count). The highest BCUT2D eigenvalue weighted by atomic mass is 19.1. The Bertz CT molecular complexity index is 300. The third kappa shape index (κ3) is 4.26. The molecule has 16 heavy (non-hydrogen) atoms. The van der Waals surface area contributed by atoms with E-state index in [1.54, 1.807) is 12.1 Å². The summed E-state index contributed by atoms with van der Waals surface area (Å²) in [4.78, 5) is 2.06. The first-order chi connectivity index (χ1) is 7.63. The van der Waals surface area contributed by atoms with Gasteiger partial charge in [0, 0.05) is 13.1 Å². The molecule has 1 aromatic carbocycles. The normalized spacial score (nSPS) is 13.1. The number of halogens is 1. The van der Waals surface area contributed by atoms with Crippen LogP contribution in [0.25, 0.3) is 0 Å². The molecule has 0 fully saturated rings. The molecule has 1 atom stereocenters. The van der Waals surface area contributed by atoms with E-state index in [0.717, 1.165) is 18.7 Å². The highest BCUT2D eigenvalue weighted by Gasteiger charge is 2.09. The summed E-state index contributed by atoms with van der Waals surface area (Å²) in [6.45, 7) is 1.70. The Hall–Kier alpha value is -0.970. The van der Waals surface area contributed by atoms with Crippen molar-refractivity contribution in [3.8, 4) is 0 Å². The zero-order chi connectivity index (χ0) is 12.0. The second-order valence-electron chi connectivity index (χ2n) is 4.04. The lowest BCUT2D eigenvalue weighted by Gasteiger charge is -2.18. The third-order valence-corrected chi connectivity index (χ3v) is 2.40. The minimum Gasteiger partial charge on any atom is -0.394 e. The van der Waals surface area contributed by atoms with Crippen LogP contribution in [0.5, 0.6) is 0 Å². The second-order valence-corrected chi connectivity index (χ2v) is 4.04. The zero-order valence-electron chi connectivity index (χ0n) is 9.78. The summed E-state index contributed by atoms with van der Waals surface area (Å²) >= 11 is 0. The molecule has 4 heteroatoms. The summed E-state index contributed by atoms with van der Waals surface area (Å²) < 4.78 is 12.7. The van der Waals surface area contributed by atoms with Crippen molar-refractivity contribution in [2.24, 2.45) is 0 Å². The molecule has 0 aliphatic carbocycles. The first-order valence-electron chi connectivity index (χ1n) is 5.38. The van der Waals surface area contributed by atoms with Crippen molar-refractivity contribution in [3.63, 3.8) is 0 Å². The number of aliphatic hydroxyl groups excluding tert-OH is 1. The summed E-state index contributed by atoms with van der Waals surface area (Å²) in [5.74, 6) is -0.256. The SMILES string of the molecule is CN(C)CCNC(CO)c1ccc(F)cc1. The zero-order valence-corrected chi connectivity index (χ0v) is 9.78. The van der Waals surface area contributed by atoms with Crippen LogP contribution in [-0.2, 0) is 0 Å². The summed E-state index contributed by atoms with van der Waals surface area (Å²) in [6.07, 6.45) is 0. The van der Waals surface area contributed by atoms with Crippen LogP contribution >= 0.6 is 0 Å². The van der Waals surface area contributed by atoms with E-state index in [4.69, 9.17) is 0 Å². The Morgan fingerprint density at radius 3 is 2.44 bits per heavy atom. The van der Waals surface area contributed by atoms with Crippen LogP contribution in [0.4, 0.5) is 4.39 Å². The van der Waals surface area contributed by atoms with Gasteiger partial charge in [0.2, 0.25) is 0 Å². The van der Waals surface area contributed by atoms with Crippen LogP contribution < -0.4 is 5.32 Å². The minimum absolute atomic E-state index is 0.0130. The highest BCUT2D eigenvalue weighted by Crippen LogP contribution is 2.12. The van der Waals surface area contributed by atoms with Crippen molar-refractivity contribution >= 4 is 0 Å². The van der Waals surface area contributed by atoms with Gasteiger partial charge in [0.05, 0.1) is 12.6 Å². The molecule has 0 aromatic heterocycles. The van der Waals surface area contributed by atoms with Gasteiger partial charge in [-0.1, -0.05) is 12.1 Å². The maximum Gasteiger partial charge on any atom is 0.123 e. The van der Waals surface area contributed by atoms with Gasteiger partial charge in [-0.05, 0) is 31.8 Å². The predicted octanol–water partition coefficient (Wildman–Crippen LogP) is 1.01. The molecule has 0 amide bonds. The molecule has 0 aliphatic rings. The van der Waals surface area contributed by atoms with Gasteiger partial charge >= 0.3 is 0 Å². The minimum atomic E-state index is -0.256. The Kier molecular flexibility index (Phi) is 5.38. The number of rotatable bonds is 6. The topological polar surface area (TPSA) is 35.5 Å². The van der Waals surface area contributed by atoms with Gasteiger partial charge in [0.25, 0.3) is 0 Å². The maximum atomic E-state index is 12.7. The van der Waals surface area contributed by atoms with Crippen molar-refractivity contribution in [1.82, 2.24) is 10.2 Å². The molecule has 1 aromatic rings. The van der Waals surface area contributed by atoms with Crippen molar-refractivity contribution in [2.75, 3.05) is 33.8 Å². The Morgan fingerprint density at radius 1 is 1.31 bits per heavy atom. The van der Waals surface area contributed by atoms with Crippen LogP contribution in [0, 0.1) is 5.82 Å². The van der Waals surface area contributed by atoms with E-state index in [1.807, 2.05) is 14.1 Å². The summed E-state index contributed by atoms with van der Waals surface area (Å²) in [6, 6.07) is 6.08. The first-order valence-corrected chi connectivity index (χ1v) is 5.38. The van der Waals surface area contributed by atoms with Crippen molar-refractivity contribution in [1.29, 1.82) is 0 Å². The molecule has 0 aliphatic heterocycles. The number of hydrogen-bond acceptors (Lipinski definition) is 3. The number of benzene rings is 1. The average molecular weight is 226 g/mol. The summed E-state index contributed by atoms with van der Waals surface area (Å²) in [5.41, 5.74) is 0.905. The van der Waals surface area contributed by atoms with Gasteiger partial charge in [-0.2, -0.15) is 0 Å². The molecule has 0 spiro atoms. The lowest BCUT2D eigenvalue weighted by Crippen LogP contribution is -2.31. The Morgan fingerprint density at radius 2 is 1.94 bits per heavy atom. The fourth-order valence-corrected chi connectivity index (χ4v) is 1.45. The van der Waals surface area contributed by atoms with E-state index in [1.165, 1.54) is 12.1 Å². The van der Waals surface area contributed by atoms with Gasteiger partial charge in [-0.25, -0.2) is 4.39 Å². The molecule has 90 valence electrons. The standard InChI is InChI=1S/C12H19FN2O/c1-15(2)8-7-14-12(9-16)10-3-5-11(13)6-4-10/h3-6,12,14,16H,7-9H2,1-2H3. The number of nitrogens with one attached hydrogen (secondary N) is 1. The smallest absolute Gasteiger partial charge is 0.123 e. The molecule has 0 bridgehead atoms. The molecule has 0 saturated heterocycles. The van der Waals surface area contributed by atoms with Crippen molar-refractivity contribution in [2.45, 2.75) is 6.04 Å². The lowest BCUT2D eigenvalue weighted by molar-refractivity contribution is 0.240. The predicted molar refractivity (Wildman–Crippen MR) is 62.8 cm³/mol. The van der Waals surface area contributed by atoms with Crippen molar-refractivity contribution in [3.05, 3.63) is 35.6 Å². The van der Waals surface area contributed by atoms with Gasteiger partial charge in [-0.3, -0.25) is 0 Å². The maximum absolute atomic E-state index is 12.7. The molecule has 0 radical (unpaired) electrons. The van der Waals surface area contributed by atoms with Crippen LogP contribution in [0.15, 0.2) is 24.3 Å². The van der Waals surface area contributed by atoms with E-state index >= 15 is 0 Å². The molecular formula is C12H19FN2O. The first kappa shape index (κ1) is 13.1.